The summed E-state index contributed by atoms with van der Waals surface area (Å²) >= 11 is 0. The van der Waals surface area contributed by atoms with E-state index in [1.807, 2.05) is 0 Å². The highest BCUT2D eigenvalue weighted by Crippen LogP contribution is 2.68. The minimum atomic E-state index is -0.215. The van der Waals surface area contributed by atoms with Crippen LogP contribution in [0.1, 0.15) is 125 Å². The smallest absolute Gasteiger partial charge is 0.308 e. The first kappa shape index (κ1) is 27.5. The van der Waals surface area contributed by atoms with E-state index in [0.717, 1.165) is 54.3 Å². The predicted octanol–water partition coefficient (Wildman–Crippen LogP) is 8.04. The molecule has 0 aromatic heterocycles. The Kier molecular flexibility index (Phi) is 8.66. The van der Waals surface area contributed by atoms with E-state index in [1.54, 1.807) is 0 Å². The van der Waals surface area contributed by atoms with Crippen molar-refractivity contribution in [2.45, 2.75) is 131 Å². The fourth-order valence-electron chi connectivity index (χ4n) is 10.3. The lowest BCUT2D eigenvalue weighted by Gasteiger charge is -2.61. The van der Waals surface area contributed by atoms with Crippen molar-refractivity contribution in [3.8, 4) is 0 Å². The van der Waals surface area contributed by atoms with E-state index in [2.05, 4.69) is 41.5 Å². The van der Waals surface area contributed by atoms with E-state index in [-0.39, 0.29) is 25.1 Å². The molecule has 10 atom stereocenters. The summed E-state index contributed by atoms with van der Waals surface area (Å²) < 4.78 is 5.75. The molecule has 0 aromatic rings. The second kappa shape index (κ2) is 11.0. The lowest BCUT2D eigenvalue weighted by atomic mass is 9.44. The SMILES string of the molecule is CC[C@H](CC[C@@H](C)[C@H]1CCC2C3CCC4C[C@@H](OC(=O)CCO)CC[C@]4(C)C3CC[C@@]21C)C(C)C. The Hall–Kier alpha value is -0.570. The fourth-order valence-corrected chi connectivity index (χ4v) is 10.3. The maximum absolute atomic E-state index is 12.0. The van der Waals surface area contributed by atoms with E-state index in [4.69, 9.17) is 9.84 Å². The topological polar surface area (TPSA) is 46.5 Å². The molecule has 4 fully saturated rings. The van der Waals surface area contributed by atoms with E-state index >= 15 is 0 Å². The number of rotatable bonds is 9. The molecule has 202 valence electrons. The summed E-state index contributed by atoms with van der Waals surface area (Å²) in [5.74, 6) is 6.70. The Bertz CT molecular complexity index is 718. The van der Waals surface area contributed by atoms with E-state index in [9.17, 15) is 4.79 Å². The van der Waals surface area contributed by atoms with Gasteiger partial charge in [0.1, 0.15) is 6.10 Å². The first-order valence-corrected chi connectivity index (χ1v) is 15.4. The standard InChI is InChI=1S/C32H56O3/c1-7-23(21(2)3)9-8-22(4)27-12-13-28-26-11-10-24-20-25(35-30(34)16-19-33)14-17-31(24,5)29(26)15-18-32(27,28)6/h21-29,33H,7-20H2,1-6H3/t22-,23-,24?,25+,26?,27-,28?,29?,31+,32-/m1/s1. The van der Waals surface area contributed by atoms with Gasteiger partial charge in [-0.15, -0.1) is 0 Å². The van der Waals surface area contributed by atoms with Crippen LogP contribution in [0, 0.1) is 58.2 Å². The van der Waals surface area contributed by atoms with Gasteiger partial charge in [-0.3, -0.25) is 4.79 Å². The summed E-state index contributed by atoms with van der Waals surface area (Å²) in [5, 5.41) is 9.06. The van der Waals surface area contributed by atoms with Crippen LogP contribution >= 0.6 is 0 Å². The molecule has 0 amide bonds. The summed E-state index contributed by atoms with van der Waals surface area (Å²) in [5.41, 5.74) is 0.986. The molecule has 0 spiro atoms. The van der Waals surface area contributed by atoms with Crippen LogP contribution < -0.4 is 0 Å². The second-order valence-electron chi connectivity index (χ2n) is 14.2. The summed E-state index contributed by atoms with van der Waals surface area (Å²) in [4.78, 5) is 12.0. The molecule has 4 unspecified atom stereocenters. The van der Waals surface area contributed by atoms with E-state index < -0.39 is 0 Å². The van der Waals surface area contributed by atoms with Crippen molar-refractivity contribution in [1.29, 1.82) is 0 Å². The first-order chi connectivity index (χ1) is 16.6. The zero-order chi connectivity index (χ0) is 25.4. The van der Waals surface area contributed by atoms with Crippen molar-refractivity contribution in [3.05, 3.63) is 0 Å². The van der Waals surface area contributed by atoms with Gasteiger partial charge >= 0.3 is 5.97 Å². The van der Waals surface area contributed by atoms with Crippen LogP contribution in [0.15, 0.2) is 0 Å². The minimum Gasteiger partial charge on any atom is -0.462 e. The highest BCUT2D eigenvalue weighted by atomic mass is 16.5. The Balaban J connectivity index is 1.40. The molecule has 4 saturated carbocycles. The molecule has 4 aliphatic carbocycles. The van der Waals surface area contributed by atoms with Crippen molar-refractivity contribution < 1.29 is 14.6 Å². The van der Waals surface area contributed by atoms with Gasteiger partial charge in [-0.2, -0.15) is 0 Å². The molecule has 0 heterocycles. The van der Waals surface area contributed by atoms with Gasteiger partial charge in [-0.05, 0) is 122 Å². The quantitative estimate of drug-likeness (QED) is 0.334. The lowest BCUT2D eigenvalue weighted by molar-refractivity contribution is -0.163. The number of carbonyl (C=O) groups excluding carboxylic acids is 1. The molecule has 4 rings (SSSR count). The van der Waals surface area contributed by atoms with Gasteiger partial charge in [0, 0.05) is 0 Å². The summed E-state index contributed by atoms with van der Waals surface area (Å²) in [6.07, 6.45) is 16.2. The van der Waals surface area contributed by atoms with E-state index in [0.29, 0.717) is 16.7 Å². The number of carbonyl (C=O) groups is 1. The molecule has 1 N–H and O–H groups in total. The molecule has 3 heteroatoms. The van der Waals surface area contributed by atoms with Crippen LogP contribution in [-0.4, -0.2) is 23.8 Å². The number of aliphatic hydroxyl groups excluding tert-OH is 1. The highest BCUT2D eigenvalue weighted by molar-refractivity contribution is 5.69. The Morgan fingerprint density at radius 1 is 0.943 bits per heavy atom. The molecular formula is C32H56O3. The zero-order valence-corrected chi connectivity index (χ0v) is 23.9. The largest absolute Gasteiger partial charge is 0.462 e. The Morgan fingerprint density at radius 2 is 1.66 bits per heavy atom. The van der Waals surface area contributed by atoms with Crippen LogP contribution in [0.25, 0.3) is 0 Å². The zero-order valence-electron chi connectivity index (χ0n) is 23.9. The van der Waals surface area contributed by atoms with Crippen LogP contribution in [0.4, 0.5) is 0 Å². The van der Waals surface area contributed by atoms with Gasteiger partial charge in [-0.1, -0.05) is 54.4 Å². The van der Waals surface area contributed by atoms with E-state index in [1.165, 1.54) is 64.2 Å². The number of hydrogen-bond donors (Lipinski definition) is 1. The molecule has 0 saturated heterocycles. The predicted molar refractivity (Wildman–Crippen MR) is 144 cm³/mol. The summed E-state index contributed by atoms with van der Waals surface area (Å²) in [6, 6.07) is 0. The average Bonchev–Trinajstić information content (AvgIpc) is 3.17. The molecular weight excluding hydrogens is 432 g/mol. The maximum Gasteiger partial charge on any atom is 0.308 e. The summed E-state index contributed by atoms with van der Waals surface area (Å²) in [6.45, 7) is 15.0. The van der Waals surface area contributed by atoms with Crippen LogP contribution in [0.2, 0.25) is 0 Å². The molecule has 35 heavy (non-hydrogen) atoms. The fraction of sp³-hybridized carbons (Fsp3) is 0.969. The molecule has 4 aliphatic rings. The number of esters is 1. The third-order valence-electron chi connectivity index (χ3n) is 12.5. The monoisotopic (exact) mass is 488 g/mol. The highest BCUT2D eigenvalue weighted by Gasteiger charge is 2.60. The van der Waals surface area contributed by atoms with Gasteiger partial charge in [0.2, 0.25) is 0 Å². The van der Waals surface area contributed by atoms with Crippen molar-refractivity contribution in [1.82, 2.24) is 0 Å². The van der Waals surface area contributed by atoms with Crippen molar-refractivity contribution >= 4 is 5.97 Å². The number of fused-ring (bicyclic) bond motifs is 5. The van der Waals surface area contributed by atoms with Crippen LogP contribution in [-0.2, 0) is 9.53 Å². The Morgan fingerprint density at radius 3 is 2.34 bits per heavy atom. The van der Waals surface area contributed by atoms with Crippen molar-refractivity contribution in [3.63, 3.8) is 0 Å². The molecule has 0 aliphatic heterocycles. The minimum absolute atomic E-state index is 0.0760. The van der Waals surface area contributed by atoms with Crippen LogP contribution in [0.3, 0.4) is 0 Å². The lowest BCUT2D eigenvalue weighted by Crippen LogP contribution is -2.54. The third-order valence-corrected chi connectivity index (χ3v) is 12.5. The maximum atomic E-state index is 12.0. The second-order valence-corrected chi connectivity index (χ2v) is 14.2. The number of hydrogen-bond acceptors (Lipinski definition) is 3. The summed E-state index contributed by atoms with van der Waals surface area (Å²) in [7, 11) is 0. The molecule has 3 nitrogen and oxygen atoms in total. The number of ether oxygens (including phenoxy) is 1. The average molecular weight is 489 g/mol. The van der Waals surface area contributed by atoms with Crippen molar-refractivity contribution in [2.75, 3.05) is 6.61 Å². The van der Waals surface area contributed by atoms with Gasteiger partial charge in [0.25, 0.3) is 0 Å². The first-order valence-electron chi connectivity index (χ1n) is 15.4. The molecule has 0 radical (unpaired) electrons. The van der Waals surface area contributed by atoms with Gasteiger partial charge in [-0.25, -0.2) is 0 Å². The van der Waals surface area contributed by atoms with Gasteiger partial charge in [0.05, 0.1) is 13.0 Å². The number of aliphatic hydroxyl groups is 1. The van der Waals surface area contributed by atoms with Crippen molar-refractivity contribution in [2.24, 2.45) is 58.2 Å². The Labute approximate surface area is 216 Å². The molecule has 0 aromatic carbocycles. The third kappa shape index (κ3) is 5.23. The van der Waals surface area contributed by atoms with Gasteiger partial charge < -0.3 is 9.84 Å². The molecule has 0 bridgehead atoms. The normalized spacial score (nSPS) is 42.6. The van der Waals surface area contributed by atoms with Crippen LogP contribution in [0.5, 0.6) is 0 Å². The van der Waals surface area contributed by atoms with Gasteiger partial charge in [0.15, 0.2) is 0 Å².